The van der Waals surface area contributed by atoms with Crippen molar-refractivity contribution in [1.82, 2.24) is 24.1 Å². The summed E-state index contributed by atoms with van der Waals surface area (Å²) in [5.74, 6) is 0.859. The molecule has 3 aromatic rings. The molecule has 0 N–H and O–H groups in total. The molecule has 0 unspecified atom stereocenters. The molecule has 1 aliphatic heterocycles. The van der Waals surface area contributed by atoms with Crippen molar-refractivity contribution in [1.29, 1.82) is 0 Å². The van der Waals surface area contributed by atoms with Gasteiger partial charge in [-0.05, 0) is 26.3 Å². The minimum atomic E-state index is 0.859. The fourth-order valence-electron chi connectivity index (χ4n) is 3.38. The molecular formula is C16H21N7S. The Morgan fingerprint density at radius 3 is 2.67 bits per heavy atom. The van der Waals surface area contributed by atoms with E-state index in [1.807, 2.05) is 24.9 Å². The summed E-state index contributed by atoms with van der Waals surface area (Å²) in [7, 11) is 1.95. The average molecular weight is 343 g/mol. The van der Waals surface area contributed by atoms with Gasteiger partial charge >= 0.3 is 0 Å². The summed E-state index contributed by atoms with van der Waals surface area (Å²) in [6.07, 6.45) is 2.98. The number of rotatable bonds is 2. The Labute approximate surface area is 145 Å². The number of hydrogen-bond donors (Lipinski definition) is 0. The maximum atomic E-state index is 4.53. The van der Waals surface area contributed by atoms with Crippen LogP contribution in [0.5, 0.6) is 0 Å². The van der Waals surface area contributed by atoms with E-state index in [2.05, 4.69) is 42.2 Å². The lowest BCUT2D eigenvalue weighted by Crippen LogP contribution is -2.30. The summed E-state index contributed by atoms with van der Waals surface area (Å²) >= 11 is 1.49. The van der Waals surface area contributed by atoms with Gasteiger partial charge in [0, 0.05) is 51.0 Å². The van der Waals surface area contributed by atoms with Crippen LogP contribution in [-0.2, 0) is 7.05 Å². The van der Waals surface area contributed by atoms with Gasteiger partial charge < -0.3 is 9.80 Å². The number of fused-ring (bicyclic) bond motifs is 1. The zero-order valence-electron chi connectivity index (χ0n) is 14.2. The summed E-state index contributed by atoms with van der Waals surface area (Å²) in [4.78, 5) is 13.8. The zero-order valence-corrected chi connectivity index (χ0v) is 15.0. The lowest BCUT2D eigenvalue weighted by Gasteiger charge is -2.24. The van der Waals surface area contributed by atoms with Gasteiger partial charge in [0.2, 0.25) is 5.13 Å². The normalized spacial score (nSPS) is 16.0. The Kier molecular flexibility index (Phi) is 3.84. The van der Waals surface area contributed by atoms with Crippen molar-refractivity contribution in [2.45, 2.75) is 20.3 Å². The second kappa shape index (κ2) is 6.01. The van der Waals surface area contributed by atoms with Gasteiger partial charge in [-0.3, -0.25) is 4.68 Å². The Morgan fingerprint density at radius 1 is 1.08 bits per heavy atom. The van der Waals surface area contributed by atoms with Crippen molar-refractivity contribution in [2.24, 2.45) is 7.05 Å². The monoisotopic (exact) mass is 343 g/mol. The molecule has 3 aromatic heterocycles. The molecule has 7 nitrogen and oxygen atoms in total. The van der Waals surface area contributed by atoms with Crippen molar-refractivity contribution in [3.63, 3.8) is 0 Å². The number of pyridine rings is 1. The minimum absolute atomic E-state index is 0.859. The zero-order chi connectivity index (χ0) is 16.7. The van der Waals surface area contributed by atoms with E-state index in [4.69, 9.17) is 0 Å². The molecule has 0 radical (unpaired) electrons. The van der Waals surface area contributed by atoms with Crippen LogP contribution in [-0.4, -0.2) is 50.3 Å². The molecule has 4 heterocycles. The smallest absolute Gasteiger partial charge is 0.205 e. The number of aryl methyl sites for hydroxylation is 3. The van der Waals surface area contributed by atoms with Gasteiger partial charge in [0.15, 0.2) is 5.65 Å². The van der Waals surface area contributed by atoms with Crippen LogP contribution >= 0.6 is 11.5 Å². The van der Waals surface area contributed by atoms with E-state index in [1.165, 1.54) is 22.6 Å². The van der Waals surface area contributed by atoms with E-state index in [1.54, 1.807) is 0 Å². The van der Waals surface area contributed by atoms with E-state index in [9.17, 15) is 0 Å². The molecule has 0 spiro atoms. The summed E-state index contributed by atoms with van der Waals surface area (Å²) in [5, 5.41) is 6.74. The highest BCUT2D eigenvalue weighted by atomic mass is 32.1. The first-order valence-corrected chi connectivity index (χ1v) is 8.99. The molecular weight excluding hydrogens is 322 g/mol. The van der Waals surface area contributed by atoms with Crippen molar-refractivity contribution in [3.05, 3.63) is 23.8 Å². The van der Waals surface area contributed by atoms with E-state index < -0.39 is 0 Å². The topological polar surface area (TPSA) is 63.0 Å². The van der Waals surface area contributed by atoms with Gasteiger partial charge in [-0.2, -0.15) is 9.47 Å². The molecule has 0 aliphatic carbocycles. The second-order valence-electron chi connectivity index (χ2n) is 6.19. The predicted octanol–water partition coefficient (Wildman–Crippen LogP) is 2.15. The van der Waals surface area contributed by atoms with Gasteiger partial charge in [-0.1, -0.05) is 0 Å². The third-order valence-electron chi connectivity index (χ3n) is 4.50. The quantitative estimate of drug-likeness (QED) is 0.710. The van der Waals surface area contributed by atoms with Crippen LogP contribution in [0, 0.1) is 13.8 Å². The number of anilines is 2. The fourth-order valence-corrected chi connectivity index (χ4v) is 4.11. The summed E-state index contributed by atoms with van der Waals surface area (Å²) in [6.45, 7) is 7.97. The first kappa shape index (κ1) is 15.3. The average Bonchev–Trinajstić information content (AvgIpc) is 3.02. The lowest BCUT2D eigenvalue weighted by atomic mass is 10.2. The van der Waals surface area contributed by atoms with Crippen molar-refractivity contribution in [2.75, 3.05) is 36.0 Å². The molecule has 0 bridgehead atoms. The summed E-state index contributed by atoms with van der Waals surface area (Å²) < 4.78 is 6.17. The Bertz CT molecular complexity index is 869. The molecule has 126 valence electrons. The van der Waals surface area contributed by atoms with Crippen molar-refractivity contribution in [3.8, 4) is 0 Å². The highest BCUT2D eigenvalue weighted by Crippen LogP contribution is 2.29. The number of nitrogens with zero attached hydrogens (tertiary/aromatic N) is 7. The second-order valence-corrected chi connectivity index (χ2v) is 6.92. The Balaban J connectivity index is 1.62. The standard InChI is InChI=1S/C16H21N7S/c1-11-14-13(5-6-17-15(14)21(3)19-11)22-7-4-8-23(10-9-22)16-18-12(2)20-24-16/h5-6H,4,7-10H2,1-3H3. The van der Waals surface area contributed by atoms with E-state index in [0.29, 0.717) is 0 Å². The number of hydrogen-bond acceptors (Lipinski definition) is 7. The molecule has 0 saturated carbocycles. The van der Waals surface area contributed by atoms with Gasteiger partial charge in [-0.15, -0.1) is 0 Å². The summed E-state index contributed by atoms with van der Waals surface area (Å²) in [5.41, 5.74) is 3.23. The van der Waals surface area contributed by atoms with E-state index >= 15 is 0 Å². The van der Waals surface area contributed by atoms with Crippen LogP contribution in [0.15, 0.2) is 12.3 Å². The van der Waals surface area contributed by atoms with Gasteiger partial charge in [0.05, 0.1) is 16.8 Å². The van der Waals surface area contributed by atoms with Gasteiger partial charge in [-0.25, -0.2) is 9.97 Å². The third kappa shape index (κ3) is 2.60. The predicted molar refractivity (Wildman–Crippen MR) is 96.9 cm³/mol. The van der Waals surface area contributed by atoms with E-state index in [-0.39, 0.29) is 0 Å². The third-order valence-corrected chi connectivity index (χ3v) is 5.37. The van der Waals surface area contributed by atoms with Crippen LogP contribution < -0.4 is 9.80 Å². The molecule has 0 aromatic carbocycles. The van der Waals surface area contributed by atoms with Crippen LogP contribution in [0.25, 0.3) is 11.0 Å². The molecule has 8 heteroatoms. The maximum absolute atomic E-state index is 4.53. The minimum Gasteiger partial charge on any atom is -0.369 e. The number of aromatic nitrogens is 5. The van der Waals surface area contributed by atoms with Gasteiger partial charge in [0.25, 0.3) is 0 Å². The van der Waals surface area contributed by atoms with Crippen molar-refractivity contribution < 1.29 is 0 Å². The fraction of sp³-hybridized carbons (Fsp3) is 0.500. The van der Waals surface area contributed by atoms with Crippen molar-refractivity contribution >= 4 is 33.4 Å². The Hall–Kier alpha value is -2.22. The SMILES string of the molecule is Cc1nsc(N2CCCN(c3ccnc4c3c(C)nn4C)CC2)n1. The highest BCUT2D eigenvalue weighted by Gasteiger charge is 2.21. The lowest BCUT2D eigenvalue weighted by molar-refractivity contribution is 0.774. The van der Waals surface area contributed by atoms with Crippen LogP contribution in [0.4, 0.5) is 10.8 Å². The largest absolute Gasteiger partial charge is 0.369 e. The van der Waals surface area contributed by atoms with E-state index in [0.717, 1.165) is 54.9 Å². The van der Waals surface area contributed by atoms with Crippen LogP contribution in [0.3, 0.4) is 0 Å². The first-order chi connectivity index (χ1) is 11.6. The first-order valence-electron chi connectivity index (χ1n) is 8.22. The Morgan fingerprint density at radius 2 is 1.88 bits per heavy atom. The molecule has 1 fully saturated rings. The summed E-state index contributed by atoms with van der Waals surface area (Å²) in [6, 6.07) is 2.11. The van der Waals surface area contributed by atoms with Crippen LogP contribution in [0.1, 0.15) is 17.9 Å². The maximum Gasteiger partial charge on any atom is 0.205 e. The molecule has 0 amide bonds. The molecule has 4 rings (SSSR count). The van der Waals surface area contributed by atoms with Crippen LogP contribution in [0.2, 0.25) is 0 Å². The molecule has 1 aliphatic rings. The molecule has 1 saturated heterocycles. The molecule has 0 atom stereocenters. The molecule has 24 heavy (non-hydrogen) atoms. The highest BCUT2D eigenvalue weighted by molar-refractivity contribution is 7.09. The van der Waals surface area contributed by atoms with Gasteiger partial charge in [0.1, 0.15) is 5.82 Å².